The van der Waals surface area contributed by atoms with Gasteiger partial charge in [-0.05, 0) is 50.4 Å². The Hall–Kier alpha value is -0.600. The van der Waals surface area contributed by atoms with Gasteiger partial charge < -0.3 is 10.6 Å². The minimum Gasteiger partial charge on any atom is -0.341 e. The fraction of sp³-hybridized carbons (Fsp3) is 0.818. The Bertz CT molecular complexity index is 409. The van der Waals surface area contributed by atoms with Crippen molar-refractivity contribution in [2.45, 2.75) is 54.4 Å². The van der Waals surface area contributed by atoms with Gasteiger partial charge in [-0.3, -0.25) is 0 Å². The fourth-order valence-corrected chi connectivity index (χ4v) is 5.39. The molecule has 0 bridgehead atoms. The fourth-order valence-electron chi connectivity index (χ4n) is 5.39. The largest absolute Gasteiger partial charge is 0.341 e. The smallest absolute Gasteiger partial charge is 0.125 e. The van der Waals surface area contributed by atoms with Gasteiger partial charge in [0.2, 0.25) is 0 Å². The molecule has 0 aromatic rings. The lowest BCUT2D eigenvalue weighted by Gasteiger charge is -2.32. The van der Waals surface area contributed by atoms with Crippen molar-refractivity contribution in [2.24, 2.45) is 35.5 Å². The van der Waals surface area contributed by atoms with E-state index in [1.807, 2.05) is 0 Å². The van der Waals surface area contributed by atoms with Crippen LogP contribution in [0.4, 0.5) is 0 Å². The molecule has 2 heteroatoms. The second-order valence-corrected chi connectivity index (χ2v) is 9.06. The summed E-state index contributed by atoms with van der Waals surface area (Å²) < 4.78 is 0. The molecule has 2 aliphatic carbocycles. The second-order valence-electron chi connectivity index (χ2n) is 9.06. The standard InChI is InChI=1S/C22H40N2/c1-15-9-17(3)21(18(4)10-15)13-23-7-8-24-14-22-19(5)11-16(2)12-20(22)6/h9,11,17-24H,7-8,10,12-14H2,1-6H3/p+2/t17-,18+,19+,20-,21-,22-/m0/s1. The van der Waals surface area contributed by atoms with E-state index < -0.39 is 0 Å². The van der Waals surface area contributed by atoms with Gasteiger partial charge in [-0.1, -0.05) is 51.0 Å². The highest BCUT2D eigenvalue weighted by Crippen LogP contribution is 2.33. The van der Waals surface area contributed by atoms with E-state index >= 15 is 0 Å². The molecule has 0 aromatic carbocycles. The van der Waals surface area contributed by atoms with E-state index in [9.17, 15) is 0 Å². The van der Waals surface area contributed by atoms with Crippen molar-refractivity contribution in [3.8, 4) is 0 Å². The van der Waals surface area contributed by atoms with Crippen LogP contribution in [-0.4, -0.2) is 26.2 Å². The zero-order valence-electron chi connectivity index (χ0n) is 17.0. The summed E-state index contributed by atoms with van der Waals surface area (Å²) in [6, 6.07) is 0. The first-order chi connectivity index (χ1) is 11.4. The molecule has 24 heavy (non-hydrogen) atoms. The molecule has 4 N–H and O–H groups in total. The van der Waals surface area contributed by atoms with Crippen LogP contribution in [0.2, 0.25) is 0 Å². The monoisotopic (exact) mass is 334 g/mol. The van der Waals surface area contributed by atoms with Crippen molar-refractivity contribution in [3.05, 3.63) is 23.3 Å². The van der Waals surface area contributed by atoms with Crippen LogP contribution in [0.5, 0.6) is 0 Å². The Morgan fingerprint density at radius 3 is 1.46 bits per heavy atom. The van der Waals surface area contributed by atoms with Crippen molar-refractivity contribution in [3.63, 3.8) is 0 Å². The molecule has 2 rings (SSSR count). The summed E-state index contributed by atoms with van der Waals surface area (Å²) in [6.45, 7) is 19.4. The number of quaternary nitrogens is 2. The van der Waals surface area contributed by atoms with Crippen molar-refractivity contribution >= 4 is 0 Å². The zero-order chi connectivity index (χ0) is 17.7. The molecule has 0 aliphatic heterocycles. The average Bonchev–Trinajstić information content (AvgIpc) is 2.46. The van der Waals surface area contributed by atoms with Crippen molar-refractivity contribution in [1.82, 2.24) is 0 Å². The van der Waals surface area contributed by atoms with Crippen LogP contribution in [0.15, 0.2) is 23.3 Å². The van der Waals surface area contributed by atoms with E-state index in [0.29, 0.717) is 0 Å². The third-order valence-corrected chi connectivity index (χ3v) is 6.65. The molecule has 0 unspecified atom stereocenters. The molecule has 2 nitrogen and oxygen atoms in total. The minimum atomic E-state index is 0.757. The Labute approximate surface area is 150 Å². The highest BCUT2D eigenvalue weighted by atomic mass is 14.9. The van der Waals surface area contributed by atoms with Gasteiger partial charge in [-0.15, -0.1) is 0 Å². The Balaban J connectivity index is 1.62. The normalized spacial score (nSPS) is 37.1. The predicted molar refractivity (Wildman–Crippen MR) is 104 cm³/mol. The number of hydrogen-bond acceptors (Lipinski definition) is 0. The first-order valence-corrected chi connectivity index (χ1v) is 10.4. The topological polar surface area (TPSA) is 33.2 Å². The van der Waals surface area contributed by atoms with Crippen LogP contribution in [-0.2, 0) is 0 Å². The summed E-state index contributed by atoms with van der Waals surface area (Å²) >= 11 is 0. The summed E-state index contributed by atoms with van der Waals surface area (Å²) in [5.74, 6) is 4.94. The molecule has 2 aliphatic rings. The third kappa shape index (κ3) is 5.46. The maximum atomic E-state index is 2.57. The number of hydrogen-bond donors (Lipinski definition) is 2. The molecule has 0 radical (unpaired) electrons. The number of rotatable bonds is 7. The van der Waals surface area contributed by atoms with E-state index in [4.69, 9.17) is 0 Å². The van der Waals surface area contributed by atoms with Gasteiger partial charge in [-0.25, -0.2) is 0 Å². The van der Waals surface area contributed by atoms with Crippen LogP contribution in [0.3, 0.4) is 0 Å². The predicted octanol–water partition coefficient (Wildman–Crippen LogP) is 2.59. The Morgan fingerprint density at radius 2 is 1.12 bits per heavy atom. The van der Waals surface area contributed by atoms with Crippen molar-refractivity contribution < 1.29 is 10.6 Å². The zero-order valence-corrected chi connectivity index (χ0v) is 17.0. The molecule has 0 heterocycles. The van der Waals surface area contributed by atoms with Crippen molar-refractivity contribution in [1.29, 1.82) is 0 Å². The molecule has 0 spiro atoms. The van der Waals surface area contributed by atoms with Gasteiger partial charge in [0, 0.05) is 11.8 Å². The van der Waals surface area contributed by atoms with E-state index in [-0.39, 0.29) is 0 Å². The quantitative estimate of drug-likeness (QED) is 0.530. The number of nitrogens with two attached hydrogens (primary N) is 2. The molecule has 0 fully saturated rings. The van der Waals surface area contributed by atoms with Gasteiger partial charge in [-0.2, -0.15) is 0 Å². The highest BCUT2D eigenvalue weighted by Gasteiger charge is 2.29. The van der Waals surface area contributed by atoms with Gasteiger partial charge in [0.15, 0.2) is 0 Å². The van der Waals surface area contributed by atoms with Crippen LogP contribution >= 0.6 is 0 Å². The number of allylic oxidation sites excluding steroid dienone is 4. The van der Waals surface area contributed by atoms with E-state index in [1.165, 1.54) is 39.0 Å². The Kier molecular flexibility index (Phi) is 7.56. The van der Waals surface area contributed by atoms with Crippen LogP contribution in [0, 0.1) is 35.5 Å². The summed E-state index contributed by atoms with van der Waals surface area (Å²) in [5, 5.41) is 5.14. The molecule has 0 aromatic heterocycles. The molecular formula is C22H42N2+2. The lowest BCUT2D eigenvalue weighted by atomic mass is 9.75. The third-order valence-electron chi connectivity index (χ3n) is 6.65. The average molecular weight is 335 g/mol. The second kappa shape index (κ2) is 9.20. The van der Waals surface area contributed by atoms with Gasteiger partial charge in [0.05, 0.1) is 13.1 Å². The van der Waals surface area contributed by atoms with Crippen LogP contribution in [0.1, 0.15) is 54.4 Å². The van der Waals surface area contributed by atoms with E-state index in [0.717, 1.165) is 35.5 Å². The first kappa shape index (κ1) is 19.7. The first-order valence-electron chi connectivity index (χ1n) is 10.4. The molecule has 138 valence electrons. The summed E-state index contributed by atoms with van der Waals surface area (Å²) in [7, 11) is 0. The summed E-state index contributed by atoms with van der Waals surface area (Å²) in [4.78, 5) is 0. The van der Waals surface area contributed by atoms with E-state index in [2.05, 4.69) is 64.3 Å². The van der Waals surface area contributed by atoms with Crippen LogP contribution < -0.4 is 10.6 Å². The molecule has 6 atom stereocenters. The van der Waals surface area contributed by atoms with Gasteiger partial charge in [0.1, 0.15) is 13.1 Å². The molecule has 0 saturated heterocycles. The van der Waals surface area contributed by atoms with Crippen LogP contribution in [0.25, 0.3) is 0 Å². The molecule has 0 amide bonds. The lowest BCUT2D eigenvalue weighted by molar-refractivity contribution is -0.729. The SMILES string of the molecule is CC1=C[C@H](C)[C@H](C[NH2+]CC[NH2+]C[C@H]2[C@H](C)C=C(C)C[C@@H]2C)[C@H](C)C1. The maximum Gasteiger partial charge on any atom is 0.125 e. The molecule has 0 saturated carbocycles. The Morgan fingerprint density at radius 1 is 0.750 bits per heavy atom. The van der Waals surface area contributed by atoms with E-state index in [1.54, 1.807) is 11.1 Å². The van der Waals surface area contributed by atoms with Gasteiger partial charge in [0.25, 0.3) is 0 Å². The van der Waals surface area contributed by atoms with Gasteiger partial charge >= 0.3 is 0 Å². The summed E-state index contributed by atoms with van der Waals surface area (Å²) in [5.41, 5.74) is 3.19. The maximum absolute atomic E-state index is 2.57. The van der Waals surface area contributed by atoms with Crippen molar-refractivity contribution in [2.75, 3.05) is 26.2 Å². The highest BCUT2D eigenvalue weighted by molar-refractivity contribution is 5.08. The molecular weight excluding hydrogens is 292 g/mol. The minimum absolute atomic E-state index is 0.757. The summed E-state index contributed by atoms with van der Waals surface area (Å²) in [6.07, 6.45) is 7.62. The lowest BCUT2D eigenvalue weighted by Crippen LogP contribution is -2.96.